The van der Waals surface area contributed by atoms with E-state index in [4.69, 9.17) is 33.2 Å². The largest absolute Gasteiger partial charge is 0.379 e. The number of unbranched alkanes of at least 4 members (excludes halogenated alkanes) is 12. The van der Waals surface area contributed by atoms with Gasteiger partial charge in [-0.25, -0.2) is 0 Å². The summed E-state index contributed by atoms with van der Waals surface area (Å²) in [5.41, 5.74) is 1.17. The topological polar surface area (TPSA) is 64.6 Å². The molecule has 7 nitrogen and oxygen atoms in total. The van der Waals surface area contributed by atoms with Gasteiger partial charge in [0.1, 0.15) is 0 Å². The lowest BCUT2D eigenvalue weighted by atomic mass is 10.0. The van der Waals surface area contributed by atoms with Crippen LogP contribution in [0.3, 0.4) is 0 Å². The lowest BCUT2D eigenvalue weighted by molar-refractivity contribution is -0.0212. The van der Waals surface area contributed by atoms with Gasteiger partial charge < -0.3 is 33.2 Å². The SMILES string of the molecule is CCCCCCCCCCCCCCCOCCOCCOCCOCCOCCOCCOCc1ccccc1. The van der Waals surface area contributed by atoms with E-state index in [1.54, 1.807) is 0 Å². The van der Waals surface area contributed by atoms with Crippen molar-refractivity contribution in [3.05, 3.63) is 35.9 Å². The van der Waals surface area contributed by atoms with Crippen molar-refractivity contribution in [2.45, 2.75) is 97.0 Å². The fraction of sp³-hybridized carbons (Fsp3) is 0.824. The minimum atomic E-state index is 0.552. The smallest absolute Gasteiger partial charge is 0.0718 e. The lowest BCUT2D eigenvalue weighted by Crippen LogP contribution is -2.14. The van der Waals surface area contributed by atoms with Gasteiger partial charge in [-0.3, -0.25) is 0 Å². The first-order chi connectivity index (χ1) is 20.4. The number of ether oxygens (including phenoxy) is 7. The average molecular weight is 583 g/mol. The molecule has 0 heterocycles. The van der Waals surface area contributed by atoms with Crippen LogP contribution >= 0.6 is 0 Å². The third-order valence-electron chi connectivity index (χ3n) is 6.74. The van der Waals surface area contributed by atoms with Crippen LogP contribution in [0.25, 0.3) is 0 Å². The van der Waals surface area contributed by atoms with E-state index >= 15 is 0 Å². The minimum absolute atomic E-state index is 0.552. The summed E-state index contributed by atoms with van der Waals surface area (Å²) < 4.78 is 38.8. The molecule has 0 bridgehead atoms. The second kappa shape index (κ2) is 33.4. The number of hydrogen-bond donors (Lipinski definition) is 0. The minimum Gasteiger partial charge on any atom is -0.379 e. The summed E-state index contributed by atoms with van der Waals surface area (Å²) in [6.45, 7) is 10.7. The summed E-state index contributed by atoms with van der Waals surface area (Å²) >= 11 is 0. The molecule has 0 aliphatic rings. The molecule has 41 heavy (non-hydrogen) atoms. The molecule has 0 radical (unpaired) electrons. The number of hydrogen-bond acceptors (Lipinski definition) is 7. The van der Waals surface area contributed by atoms with E-state index in [-0.39, 0.29) is 0 Å². The molecule has 240 valence electrons. The van der Waals surface area contributed by atoms with E-state index in [1.807, 2.05) is 18.2 Å². The Bertz CT molecular complexity index is 602. The molecule has 0 unspecified atom stereocenters. The van der Waals surface area contributed by atoms with Crippen LogP contribution in [0.15, 0.2) is 30.3 Å². The Morgan fingerprint density at radius 3 is 1.05 bits per heavy atom. The van der Waals surface area contributed by atoms with Crippen molar-refractivity contribution >= 4 is 0 Å². The molecule has 0 spiro atoms. The van der Waals surface area contributed by atoms with Crippen molar-refractivity contribution in [1.82, 2.24) is 0 Å². The summed E-state index contributed by atoms with van der Waals surface area (Å²) in [6.07, 6.45) is 17.9. The first kappa shape index (κ1) is 38.0. The molecule has 0 amide bonds. The average Bonchev–Trinajstić information content (AvgIpc) is 3.00. The zero-order chi connectivity index (χ0) is 29.2. The van der Waals surface area contributed by atoms with E-state index in [1.165, 1.54) is 82.6 Å². The van der Waals surface area contributed by atoms with Gasteiger partial charge in [-0.2, -0.15) is 0 Å². The Morgan fingerprint density at radius 1 is 0.341 bits per heavy atom. The van der Waals surface area contributed by atoms with Gasteiger partial charge >= 0.3 is 0 Å². The van der Waals surface area contributed by atoms with E-state index < -0.39 is 0 Å². The Kier molecular flexibility index (Phi) is 31.0. The highest BCUT2D eigenvalue weighted by molar-refractivity contribution is 5.13. The number of benzene rings is 1. The zero-order valence-electron chi connectivity index (χ0n) is 26.3. The Labute approximate surface area is 251 Å². The zero-order valence-corrected chi connectivity index (χ0v) is 26.3. The number of rotatable bonds is 34. The predicted octanol–water partition coefficient (Wildman–Crippen LogP) is 7.39. The van der Waals surface area contributed by atoms with Gasteiger partial charge in [0, 0.05) is 6.61 Å². The van der Waals surface area contributed by atoms with Crippen LogP contribution in [-0.4, -0.2) is 85.9 Å². The standard InChI is InChI=1S/C34H62O7/c1-2-3-4-5-6-7-8-9-10-11-12-13-17-20-35-21-22-36-23-24-37-25-26-38-27-28-39-29-30-40-31-32-41-33-34-18-15-14-16-19-34/h14-16,18-19H,2-13,17,20-33H2,1H3. The Balaban J connectivity index is 1.61. The van der Waals surface area contributed by atoms with Crippen molar-refractivity contribution in [2.24, 2.45) is 0 Å². The summed E-state index contributed by atoms with van der Waals surface area (Å²) in [4.78, 5) is 0. The Hall–Kier alpha value is -1.06. The normalized spacial score (nSPS) is 11.4. The van der Waals surface area contributed by atoms with Gasteiger partial charge in [0.05, 0.1) is 85.9 Å². The molecular weight excluding hydrogens is 520 g/mol. The molecule has 1 rings (SSSR count). The van der Waals surface area contributed by atoms with Crippen molar-refractivity contribution in [2.75, 3.05) is 85.9 Å². The van der Waals surface area contributed by atoms with Gasteiger partial charge in [0.15, 0.2) is 0 Å². The first-order valence-corrected chi connectivity index (χ1v) is 16.5. The van der Waals surface area contributed by atoms with Gasteiger partial charge in [0.25, 0.3) is 0 Å². The molecule has 0 atom stereocenters. The first-order valence-electron chi connectivity index (χ1n) is 16.5. The van der Waals surface area contributed by atoms with Crippen LogP contribution in [0.1, 0.15) is 96.0 Å². The molecule has 1 aromatic carbocycles. The van der Waals surface area contributed by atoms with Crippen LogP contribution in [0, 0.1) is 0 Å². The molecule has 1 aromatic rings. The van der Waals surface area contributed by atoms with Crippen LogP contribution in [-0.2, 0) is 39.8 Å². The van der Waals surface area contributed by atoms with E-state index in [2.05, 4.69) is 19.1 Å². The molecule has 0 saturated heterocycles. The highest BCUT2D eigenvalue weighted by atomic mass is 16.6. The molecular formula is C34H62O7. The highest BCUT2D eigenvalue weighted by Crippen LogP contribution is 2.12. The predicted molar refractivity (Wildman–Crippen MR) is 167 cm³/mol. The molecule has 0 saturated carbocycles. The summed E-state index contributed by atoms with van der Waals surface area (Å²) in [6, 6.07) is 10.1. The quantitative estimate of drug-likeness (QED) is 0.0785. The maximum atomic E-state index is 5.67. The van der Waals surface area contributed by atoms with Crippen LogP contribution in [0.4, 0.5) is 0 Å². The molecule has 0 aromatic heterocycles. The third kappa shape index (κ3) is 30.2. The fourth-order valence-corrected chi connectivity index (χ4v) is 4.31. The van der Waals surface area contributed by atoms with Crippen LogP contribution in [0.2, 0.25) is 0 Å². The van der Waals surface area contributed by atoms with Crippen molar-refractivity contribution in [3.63, 3.8) is 0 Å². The van der Waals surface area contributed by atoms with Crippen LogP contribution < -0.4 is 0 Å². The monoisotopic (exact) mass is 582 g/mol. The van der Waals surface area contributed by atoms with Crippen molar-refractivity contribution in [1.29, 1.82) is 0 Å². The maximum absolute atomic E-state index is 5.67. The third-order valence-corrected chi connectivity index (χ3v) is 6.74. The van der Waals surface area contributed by atoms with Gasteiger partial charge in [-0.05, 0) is 12.0 Å². The van der Waals surface area contributed by atoms with Crippen molar-refractivity contribution < 1.29 is 33.2 Å². The van der Waals surface area contributed by atoms with E-state index in [0.29, 0.717) is 85.9 Å². The van der Waals surface area contributed by atoms with Crippen molar-refractivity contribution in [3.8, 4) is 0 Å². The molecule has 0 aliphatic carbocycles. The summed E-state index contributed by atoms with van der Waals surface area (Å²) in [5.74, 6) is 0. The van der Waals surface area contributed by atoms with E-state index in [9.17, 15) is 0 Å². The second-order valence-electron chi connectivity index (χ2n) is 10.5. The fourth-order valence-electron chi connectivity index (χ4n) is 4.31. The molecule has 0 aliphatic heterocycles. The van der Waals surface area contributed by atoms with Crippen LogP contribution in [0.5, 0.6) is 0 Å². The molecule has 7 heteroatoms. The molecule has 0 fully saturated rings. The maximum Gasteiger partial charge on any atom is 0.0718 e. The van der Waals surface area contributed by atoms with Gasteiger partial charge in [0.2, 0.25) is 0 Å². The second-order valence-corrected chi connectivity index (χ2v) is 10.5. The Morgan fingerprint density at radius 2 is 0.659 bits per heavy atom. The lowest BCUT2D eigenvalue weighted by Gasteiger charge is -2.08. The summed E-state index contributed by atoms with van der Waals surface area (Å²) in [5, 5.41) is 0. The molecule has 0 N–H and O–H groups in total. The highest BCUT2D eigenvalue weighted by Gasteiger charge is 1.97. The van der Waals surface area contributed by atoms with Gasteiger partial charge in [-0.15, -0.1) is 0 Å². The summed E-state index contributed by atoms with van der Waals surface area (Å²) in [7, 11) is 0. The van der Waals surface area contributed by atoms with Gasteiger partial charge in [-0.1, -0.05) is 114 Å². The van der Waals surface area contributed by atoms with E-state index in [0.717, 1.165) is 13.0 Å².